The van der Waals surface area contributed by atoms with Gasteiger partial charge in [-0.1, -0.05) is 0 Å². The Balaban J connectivity index is 2.17. The van der Waals surface area contributed by atoms with Crippen LogP contribution in [0.4, 0.5) is 0 Å². The van der Waals surface area contributed by atoms with Crippen LogP contribution in [-0.4, -0.2) is 43.7 Å². The molecule has 0 radical (unpaired) electrons. The first-order valence-corrected chi connectivity index (χ1v) is 8.39. The van der Waals surface area contributed by atoms with E-state index in [0.29, 0.717) is 26.4 Å². The van der Waals surface area contributed by atoms with Crippen molar-refractivity contribution in [2.75, 3.05) is 26.4 Å². The van der Waals surface area contributed by atoms with E-state index in [-0.39, 0.29) is 12.1 Å². The molecule has 122 valence electrons. The molecule has 0 aliphatic carbocycles. The zero-order valence-electron chi connectivity index (χ0n) is 13.8. The second kappa shape index (κ2) is 9.54. The molecule has 0 bridgehead atoms. The van der Waals surface area contributed by atoms with Crippen molar-refractivity contribution in [1.82, 2.24) is 5.32 Å². The highest BCUT2D eigenvalue weighted by Gasteiger charge is 2.12. The number of aliphatic hydroxyl groups is 1. The molecule has 0 aromatic carbocycles. The SMILES string of the molecule is Cc1cc(C(C)NCC(O)COCCOC(C)C)c(C)s1. The fourth-order valence-electron chi connectivity index (χ4n) is 2.12. The average molecular weight is 315 g/mol. The standard InChI is InChI=1S/C16H29NO3S/c1-11(2)20-7-6-19-10-15(18)9-17-13(4)16-8-12(3)21-14(16)5/h8,11,13,15,17-18H,6-7,9-10H2,1-5H3. The third-order valence-electron chi connectivity index (χ3n) is 3.19. The van der Waals surface area contributed by atoms with Gasteiger partial charge in [0, 0.05) is 22.3 Å². The van der Waals surface area contributed by atoms with E-state index in [1.54, 1.807) is 0 Å². The highest BCUT2D eigenvalue weighted by molar-refractivity contribution is 7.12. The molecule has 0 saturated carbocycles. The van der Waals surface area contributed by atoms with Crippen molar-refractivity contribution in [1.29, 1.82) is 0 Å². The summed E-state index contributed by atoms with van der Waals surface area (Å²) in [5, 5.41) is 13.3. The maximum atomic E-state index is 9.90. The monoisotopic (exact) mass is 315 g/mol. The quantitative estimate of drug-likeness (QED) is 0.652. The van der Waals surface area contributed by atoms with E-state index in [1.165, 1.54) is 15.3 Å². The van der Waals surface area contributed by atoms with E-state index in [1.807, 2.05) is 25.2 Å². The average Bonchev–Trinajstić information content (AvgIpc) is 2.74. The molecular weight excluding hydrogens is 286 g/mol. The molecule has 0 spiro atoms. The predicted molar refractivity (Wildman–Crippen MR) is 88.1 cm³/mol. The molecule has 4 nitrogen and oxygen atoms in total. The van der Waals surface area contributed by atoms with E-state index in [4.69, 9.17) is 9.47 Å². The van der Waals surface area contributed by atoms with Crippen LogP contribution in [0.15, 0.2) is 6.07 Å². The molecule has 1 aromatic rings. The lowest BCUT2D eigenvalue weighted by Gasteiger charge is -2.17. The Kier molecular flexibility index (Phi) is 8.44. The van der Waals surface area contributed by atoms with Gasteiger partial charge in [-0.05, 0) is 46.2 Å². The third kappa shape index (κ3) is 7.38. The number of hydrogen-bond donors (Lipinski definition) is 2. The minimum atomic E-state index is -0.494. The van der Waals surface area contributed by atoms with Crippen LogP contribution in [0, 0.1) is 13.8 Å². The second-order valence-corrected chi connectivity index (χ2v) is 7.11. The molecule has 2 unspecified atom stereocenters. The van der Waals surface area contributed by atoms with Crippen LogP contribution in [-0.2, 0) is 9.47 Å². The summed E-state index contributed by atoms with van der Waals surface area (Å²) in [6.07, 6.45) is -0.273. The van der Waals surface area contributed by atoms with Crippen molar-refractivity contribution in [3.63, 3.8) is 0 Å². The van der Waals surface area contributed by atoms with Gasteiger partial charge in [-0.15, -0.1) is 11.3 Å². The number of aliphatic hydroxyl groups excluding tert-OH is 1. The summed E-state index contributed by atoms with van der Waals surface area (Å²) in [5.74, 6) is 0. The summed E-state index contributed by atoms with van der Waals surface area (Å²) in [7, 11) is 0. The maximum Gasteiger partial charge on any atom is 0.0897 e. The molecule has 0 aliphatic rings. The summed E-state index contributed by atoms with van der Waals surface area (Å²) >= 11 is 1.81. The number of nitrogens with one attached hydrogen (secondary N) is 1. The molecule has 5 heteroatoms. The molecule has 21 heavy (non-hydrogen) atoms. The van der Waals surface area contributed by atoms with Crippen LogP contribution >= 0.6 is 11.3 Å². The first kappa shape index (κ1) is 18.6. The lowest BCUT2D eigenvalue weighted by Crippen LogP contribution is -2.32. The molecule has 1 rings (SSSR count). The van der Waals surface area contributed by atoms with Crippen LogP contribution in [0.25, 0.3) is 0 Å². The van der Waals surface area contributed by atoms with Gasteiger partial charge in [-0.3, -0.25) is 0 Å². The van der Waals surface area contributed by atoms with Crippen molar-refractivity contribution >= 4 is 11.3 Å². The van der Waals surface area contributed by atoms with Gasteiger partial charge in [0.1, 0.15) is 0 Å². The van der Waals surface area contributed by atoms with Gasteiger partial charge in [0.25, 0.3) is 0 Å². The normalized spacial score (nSPS) is 14.6. The summed E-state index contributed by atoms with van der Waals surface area (Å²) in [6, 6.07) is 2.46. The van der Waals surface area contributed by atoms with Gasteiger partial charge >= 0.3 is 0 Å². The summed E-state index contributed by atoms with van der Waals surface area (Å²) in [5.41, 5.74) is 1.32. The number of rotatable bonds is 10. The number of hydrogen-bond acceptors (Lipinski definition) is 5. The van der Waals surface area contributed by atoms with Gasteiger partial charge in [0.2, 0.25) is 0 Å². The van der Waals surface area contributed by atoms with Crippen LogP contribution in [0.3, 0.4) is 0 Å². The lowest BCUT2D eigenvalue weighted by molar-refractivity contribution is -0.0104. The largest absolute Gasteiger partial charge is 0.389 e. The molecule has 2 N–H and O–H groups in total. The highest BCUT2D eigenvalue weighted by atomic mass is 32.1. The molecule has 1 heterocycles. The van der Waals surface area contributed by atoms with Gasteiger partial charge in [-0.25, -0.2) is 0 Å². The summed E-state index contributed by atoms with van der Waals surface area (Å²) < 4.78 is 10.8. The first-order valence-electron chi connectivity index (χ1n) is 7.57. The van der Waals surface area contributed by atoms with Gasteiger partial charge < -0.3 is 19.9 Å². The zero-order valence-corrected chi connectivity index (χ0v) is 14.6. The second-order valence-electron chi connectivity index (χ2n) is 5.65. The number of aryl methyl sites for hydroxylation is 2. The predicted octanol–water partition coefficient (Wildman–Crippen LogP) is 2.82. The van der Waals surface area contributed by atoms with Crippen LogP contribution < -0.4 is 5.32 Å². The van der Waals surface area contributed by atoms with Crippen molar-refractivity contribution in [3.05, 3.63) is 21.4 Å². The Morgan fingerprint density at radius 3 is 2.52 bits per heavy atom. The molecule has 0 saturated heterocycles. The van der Waals surface area contributed by atoms with E-state index in [2.05, 4.69) is 32.2 Å². The summed E-state index contributed by atoms with van der Waals surface area (Å²) in [6.45, 7) is 12.3. The molecule has 1 aromatic heterocycles. The highest BCUT2D eigenvalue weighted by Crippen LogP contribution is 2.25. The fourth-order valence-corrected chi connectivity index (χ4v) is 3.15. The fraction of sp³-hybridized carbons (Fsp3) is 0.750. The Morgan fingerprint density at radius 2 is 1.95 bits per heavy atom. The minimum Gasteiger partial charge on any atom is -0.389 e. The molecule has 0 aliphatic heterocycles. The van der Waals surface area contributed by atoms with Crippen molar-refractivity contribution in [3.8, 4) is 0 Å². The minimum absolute atomic E-state index is 0.221. The molecule has 0 amide bonds. The smallest absolute Gasteiger partial charge is 0.0897 e. The maximum absolute atomic E-state index is 9.90. The molecule has 0 fully saturated rings. The van der Waals surface area contributed by atoms with Crippen LogP contribution in [0.2, 0.25) is 0 Å². The Bertz CT molecular complexity index is 406. The topological polar surface area (TPSA) is 50.7 Å². The molecular formula is C16H29NO3S. The Hall–Kier alpha value is -0.460. The van der Waals surface area contributed by atoms with E-state index >= 15 is 0 Å². The number of ether oxygens (including phenoxy) is 2. The zero-order chi connectivity index (χ0) is 15.8. The number of thiophene rings is 1. The van der Waals surface area contributed by atoms with E-state index in [9.17, 15) is 5.11 Å². The van der Waals surface area contributed by atoms with Crippen molar-refractivity contribution < 1.29 is 14.6 Å². The first-order chi connectivity index (χ1) is 9.90. The third-order valence-corrected chi connectivity index (χ3v) is 4.18. The van der Waals surface area contributed by atoms with Gasteiger partial charge in [-0.2, -0.15) is 0 Å². The van der Waals surface area contributed by atoms with E-state index in [0.717, 1.165) is 0 Å². The van der Waals surface area contributed by atoms with Gasteiger partial charge in [0.05, 0.1) is 32.0 Å². The van der Waals surface area contributed by atoms with Gasteiger partial charge in [0.15, 0.2) is 0 Å². The van der Waals surface area contributed by atoms with Crippen molar-refractivity contribution in [2.24, 2.45) is 0 Å². The Morgan fingerprint density at radius 1 is 1.24 bits per heavy atom. The lowest BCUT2D eigenvalue weighted by atomic mass is 10.1. The van der Waals surface area contributed by atoms with Crippen molar-refractivity contribution in [2.45, 2.75) is 52.9 Å². The molecule has 2 atom stereocenters. The van der Waals surface area contributed by atoms with Crippen LogP contribution in [0.1, 0.15) is 42.1 Å². The summed E-state index contributed by atoms with van der Waals surface area (Å²) in [4.78, 5) is 2.66. The van der Waals surface area contributed by atoms with Crippen LogP contribution in [0.5, 0.6) is 0 Å². The van der Waals surface area contributed by atoms with E-state index < -0.39 is 6.10 Å². The Labute approximate surface area is 132 Å².